The molecule has 0 bridgehead atoms. The Bertz CT molecular complexity index is 604. The molecule has 124 valence electrons. The van der Waals surface area contributed by atoms with Gasteiger partial charge >= 0.3 is 0 Å². The first-order valence-electron chi connectivity index (χ1n) is 6.71. The molecule has 0 aliphatic rings. The van der Waals surface area contributed by atoms with Crippen molar-refractivity contribution in [3.05, 3.63) is 29.3 Å². The molecule has 1 amide bonds. The van der Waals surface area contributed by atoms with Gasteiger partial charge in [-0.2, -0.15) is 0 Å². The summed E-state index contributed by atoms with van der Waals surface area (Å²) >= 11 is 5.82. The zero-order valence-electron chi connectivity index (χ0n) is 13.0. The Labute approximate surface area is 136 Å². The second-order valence-corrected chi connectivity index (χ2v) is 7.37. The minimum atomic E-state index is -3.62. The average molecular weight is 349 g/mol. The highest BCUT2D eigenvalue weighted by molar-refractivity contribution is 7.92. The third kappa shape index (κ3) is 5.15. The number of sulfonamides is 1. The van der Waals surface area contributed by atoms with E-state index in [1.807, 2.05) is 0 Å². The van der Waals surface area contributed by atoms with Crippen LogP contribution in [0.15, 0.2) is 24.3 Å². The van der Waals surface area contributed by atoms with Gasteiger partial charge in [0.15, 0.2) is 0 Å². The standard InChI is InChI=1S/C14H21ClN2O4S/c1-10(9-21-3)16-14(18)11(2)17(22(4,19)20)13-7-5-12(15)6-8-13/h5-8,10-11H,9H2,1-4H3,(H,16,18)/t10-,11+/m0/s1. The van der Waals surface area contributed by atoms with Crippen LogP contribution in [0.25, 0.3) is 0 Å². The summed E-state index contributed by atoms with van der Waals surface area (Å²) in [7, 11) is -2.09. The van der Waals surface area contributed by atoms with E-state index in [-0.39, 0.29) is 6.04 Å². The molecule has 0 fully saturated rings. The number of hydrogen-bond acceptors (Lipinski definition) is 4. The number of amides is 1. The number of carbonyl (C=O) groups excluding carboxylic acids is 1. The Morgan fingerprint density at radius 2 is 1.86 bits per heavy atom. The third-order valence-electron chi connectivity index (χ3n) is 2.97. The highest BCUT2D eigenvalue weighted by atomic mass is 35.5. The lowest BCUT2D eigenvalue weighted by atomic mass is 10.2. The van der Waals surface area contributed by atoms with Gasteiger partial charge in [-0.25, -0.2) is 8.42 Å². The van der Waals surface area contributed by atoms with E-state index in [2.05, 4.69) is 5.32 Å². The molecule has 0 saturated heterocycles. The summed E-state index contributed by atoms with van der Waals surface area (Å²) in [6.07, 6.45) is 1.06. The SMILES string of the molecule is COC[C@H](C)NC(=O)[C@@H](C)N(c1ccc(Cl)cc1)S(C)(=O)=O. The van der Waals surface area contributed by atoms with Crippen LogP contribution in [0.4, 0.5) is 5.69 Å². The van der Waals surface area contributed by atoms with Gasteiger partial charge in [-0.1, -0.05) is 11.6 Å². The normalized spacial score (nSPS) is 14.2. The largest absolute Gasteiger partial charge is 0.383 e. The van der Waals surface area contributed by atoms with Gasteiger partial charge < -0.3 is 10.1 Å². The Hall–Kier alpha value is -1.31. The molecule has 0 heterocycles. The van der Waals surface area contributed by atoms with Gasteiger partial charge in [0.2, 0.25) is 15.9 Å². The highest BCUT2D eigenvalue weighted by Gasteiger charge is 2.29. The van der Waals surface area contributed by atoms with E-state index in [1.165, 1.54) is 14.0 Å². The number of rotatable bonds is 7. The minimum absolute atomic E-state index is 0.216. The number of hydrogen-bond donors (Lipinski definition) is 1. The molecule has 1 aromatic carbocycles. The van der Waals surface area contributed by atoms with E-state index in [4.69, 9.17) is 16.3 Å². The summed E-state index contributed by atoms with van der Waals surface area (Å²) < 4.78 is 30.1. The van der Waals surface area contributed by atoms with Crippen molar-refractivity contribution in [1.29, 1.82) is 0 Å². The van der Waals surface area contributed by atoms with Crippen molar-refractivity contribution in [2.75, 3.05) is 24.3 Å². The summed E-state index contributed by atoms with van der Waals surface area (Å²) in [5, 5.41) is 3.21. The number of anilines is 1. The topological polar surface area (TPSA) is 75.7 Å². The number of nitrogens with one attached hydrogen (secondary N) is 1. The van der Waals surface area contributed by atoms with Crippen molar-refractivity contribution < 1.29 is 17.9 Å². The van der Waals surface area contributed by atoms with E-state index in [9.17, 15) is 13.2 Å². The molecule has 0 radical (unpaired) electrons. The average Bonchev–Trinajstić information content (AvgIpc) is 2.39. The van der Waals surface area contributed by atoms with Crippen molar-refractivity contribution in [3.8, 4) is 0 Å². The monoisotopic (exact) mass is 348 g/mol. The third-order valence-corrected chi connectivity index (χ3v) is 4.47. The minimum Gasteiger partial charge on any atom is -0.383 e. The molecule has 0 unspecified atom stereocenters. The molecule has 0 aromatic heterocycles. The van der Waals surface area contributed by atoms with Gasteiger partial charge in [0.25, 0.3) is 0 Å². The second-order valence-electron chi connectivity index (χ2n) is 5.08. The van der Waals surface area contributed by atoms with E-state index >= 15 is 0 Å². The van der Waals surface area contributed by atoms with Crippen molar-refractivity contribution >= 4 is 33.2 Å². The lowest BCUT2D eigenvalue weighted by Crippen LogP contribution is -2.50. The smallest absolute Gasteiger partial charge is 0.243 e. The molecule has 6 nitrogen and oxygen atoms in total. The summed E-state index contributed by atoms with van der Waals surface area (Å²) in [5.74, 6) is -0.398. The molecule has 1 aromatic rings. The summed E-state index contributed by atoms with van der Waals surface area (Å²) in [5.41, 5.74) is 0.383. The number of halogens is 1. The fraction of sp³-hybridized carbons (Fsp3) is 0.500. The van der Waals surface area contributed by atoms with Crippen molar-refractivity contribution in [3.63, 3.8) is 0 Å². The number of nitrogens with zero attached hydrogens (tertiary/aromatic N) is 1. The molecule has 0 saturated carbocycles. The van der Waals surface area contributed by atoms with E-state index in [0.29, 0.717) is 17.3 Å². The molecule has 8 heteroatoms. The zero-order chi connectivity index (χ0) is 16.9. The van der Waals surface area contributed by atoms with Crippen molar-refractivity contribution in [2.24, 2.45) is 0 Å². The summed E-state index contributed by atoms with van der Waals surface area (Å²) in [6, 6.07) is 5.17. The molecule has 0 spiro atoms. The Morgan fingerprint density at radius 1 is 1.32 bits per heavy atom. The van der Waals surface area contributed by atoms with Crippen LogP contribution >= 0.6 is 11.6 Å². The van der Waals surface area contributed by atoms with E-state index < -0.39 is 22.0 Å². The maximum absolute atomic E-state index is 12.3. The molecular formula is C14H21ClN2O4S. The van der Waals surface area contributed by atoms with E-state index in [0.717, 1.165) is 10.6 Å². The van der Waals surface area contributed by atoms with Crippen LogP contribution in [-0.4, -0.2) is 46.4 Å². The number of carbonyl (C=O) groups is 1. The Balaban J connectivity index is 3.02. The highest BCUT2D eigenvalue weighted by Crippen LogP contribution is 2.23. The zero-order valence-corrected chi connectivity index (χ0v) is 14.6. The first-order chi connectivity index (χ1) is 10.2. The van der Waals surface area contributed by atoms with Crippen LogP contribution in [-0.2, 0) is 19.6 Å². The first-order valence-corrected chi connectivity index (χ1v) is 8.93. The lowest BCUT2D eigenvalue weighted by molar-refractivity contribution is -0.122. The van der Waals surface area contributed by atoms with Crippen LogP contribution in [0.5, 0.6) is 0 Å². The van der Waals surface area contributed by atoms with Crippen molar-refractivity contribution in [1.82, 2.24) is 5.32 Å². The Morgan fingerprint density at radius 3 is 2.32 bits per heavy atom. The molecular weight excluding hydrogens is 328 g/mol. The van der Waals surface area contributed by atoms with Gasteiger partial charge in [-0.3, -0.25) is 9.10 Å². The second kappa shape index (κ2) is 7.80. The molecule has 2 atom stereocenters. The number of methoxy groups -OCH3 is 1. The van der Waals surface area contributed by atoms with Crippen LogP contribution in [0.1, 0.15) is 13.8 Å². The molecule has 1 rings (SSSR count). The van der Waals surface area contributed by atoms with Gasteiger partial charge in [0.05, 0.1) is 18.6 Å². The van der Waals surface area contributed by atoms with Crippen LogP contribution in [0, 0.1) is 0 Å². The fourth-order valence-electron chi connectivity index (χ4n) is 2.05. The maximum Gasteiger partial charge on any atom is 0.243 e. The maximum atomic E-state index is 12.3. The number of ether oxygens (including phenoxy) is 1. The number of benzene rings is 1. The fourth-order valence-corrected chi connectivity index (χ4v) is 3.35. The summed E-state index contributed by atoms with van der Waals surface area (Å²) in [6.45, 7) is 3.66. The van der Waals surface area contributed by atoms with Crippen LogP contribution in [0.3, 0.4) is 0 Å². The molecule has 22 heavy (non-hydrogen) atoms. The summed E-state index contributed by atoms with van der Waals surface area (Å²) in [4.78, 5) is 12.3. The molecule has 1 N–H and O–H groups in total. The van der Waals surface area contributed by atoms with Gasteiger partial charge in [-0.15, -0.1) is 0 Å². The van der Waals surface area contributed by atoms with Crippen LogP contribution < -0.4 is 9.62 Å². The van der Waals surface area contributed by atoms with Gasteiger partial charge in [0, 0.05) is 18.2 Å². The van der Waals surface area contributed by atoms with Gasteiger partial charge in [0.1, 0.15) is 6.04 Å². The van der Waals surface area contributed by atoms with Crippen LogP contribution in [0.2, 0.25) is 5.02 Å². The van der Waals surface area contributed by atoms with Crippen molar-refractivity contribution in [2.45, 2.75) is 25.9 Å². The van der Waals surface area contributed by atoms with E-state index in [1.54, 1.807) is 31.2 Å². The molecule has 0 aliphatic heterocycles. The van der Waals surface area contributed by atoms with Gasteiger partial charge in [-0.05, 0) is 38.1 Å². The lowest BCUT2D eigenvalue weighted by Gasteiger charge is -2.29. The quantitative estimate of drug-likeness (QED) is 0.812. The molecule has 0 aliphatic carbocycles. The predicted molar refractivity (Wildman–Crippen MR) is 87.7 cm³/mol. The first kappa shape index (κ1) is 18.7. The Kier molecular flexibility index (Phi) is 6.65. The predicted octanol–water partition coefficient (Wildman–Crippen LogP) is 1.65.